The van der Waals surface area contributed by atoms with E-state index in [2.05, 4.69) is 45.6 Å². The summed E-state index contributed by atoms with van der Waals surface area (Å²) in [7, 11) is 0. The van der Waals surface area contributed by atoms with Crippen molar-refractivity contribution >= 4 is 29.0 Å². The molecule has 3 heterocycles. The lowest BCUT2D eigenvalue weighted by Crippen LogP contribution is -2.07. The van der Waals surface area contributed by atoms with Crippen LogP contribution in [-0.2, 0) is 6.54 Å². The number of ether oxygens (including phenoxy) is 2. The predicted molar refractivity (Wildman–Crippen MR) is 129 cm³/mol. The Balaban J connectivity index is 0.00000228. The fourth-order valence-corrected chi connectivity index (χ4v) is 3.81. The highest BCUT2D eigenvalue weighted by Crippen LogP contribution is 2.33. The second kappa shape index (κ2) is 8.80. The maximum absolute atomic E-state index is 5.51. The molecular formula is C25H20ClN5O2. The Morgan fingerprint density at radius 2 is 1.82 bits per heavy atom. The SMILES string of the molecule is Cl.c1ccc2cc(-c3cnc(-n4ccnc4)nc3NCc3ccc4c(c3)OCO4)ccc2c1. The summed E-state index contributed by atoms with van der Waals surface area (Å²) in [6.07, 6.45) is 7.08. The predicted octanol–water partition coefficient (Wildman–Crippen LogP) is 5.25. The normalized spacial score (nSPS) is 11.9. The van der Waals surface area contributed by atoms with Crippen molar-refractivity contribution in [1.82, 2.24) is 19.5 Å². The van der Waals surface area contributed by atoms with Crippen LogP contribution < -0.4 is 14.8 Å². The number of anilines is 1. The van der Waals surface area contributed by atoms with E-state index in [1.165, 1.54) is 10.8 Å². The summed E-state index contributed by atoms with van der Waals surface area (Å²) >= 11 is 0. The zero-order valence-corrected chi connectivity index (χ0v) is 18.3. The van der Waals surface area contributed by atoms with E-state index >= 15 is 0 Å². The average molecular weight is 458 g/mol. The molecule has 6 rings (SSSR count). The van der Waals surface area contributed by atoms with Gasteiger partial charge >= 0.3 is 0 Å². The molecule has 0 radical (unpaired) electrons. The Kier molecular flexibility index (Phi) is 5.54. The van der Waals surface area contributed by atoms with Crippen LogP contribution in [0.3, 0.4) is 0 Å². The van der Waals surface area contributed by atoms with Crippen LogP contribution in [0.4, 0.5) is 5.82 Å². The number of fused-ring (bicyclic) bond motifs is 2. The maximum Gasteiger partial charge on any atom is 0.236 e. The second-order valence-corrected chi connectivity index (χ2v) is 7.51. The Labute approximate surface area is 196 Å². The van der Waals surface area contributed by atoms with Crippen molar-refractivity contribution in [2.24, 2.45) is 0 Å². The van der Waals surface area contributed by atoms with E-state index < -0.39 is 0 Å². The smallest absolute Gasteiger partial charge is 0.236 e. The van der Waals surface area contributed by atoms with Gasteiger partial charge in [-0.25, -0.2) is 9.97 Å². The monoisotopic (exact) mass is 457 g/mol. The molecular weight excluding hydrogens is 438 g/mol. The lowest BCUT2D eigenvalue weighted by atomic mass is 10.0. The first-order chi connectivity index (χ1) is 15.8. The van der Waals surface area contributed by atoms with E-state index in [-0.39, 0.29) is 19.2 Å². The van der Waals surface area contributed by atoms with Crippen molar-refractivity contribution in [3.63, 3.8) is 0 Å². The van der Waals surface area contributed by atoms with Crippen LogP contribution in [0.2, 0.25) is 0 Å². The largest absolute Gasteiger partial charge is 0.454 e. The number of benzene rings is 3. The first kappa shape index (κ1) is 20.8. The number of imidazole rings is 1. The van der Waals surface area contributed by atoms with E-state index in [1.54, 1.807) is 17.1 Å². The number of rotatable bonds is 5. The summed E-state index contributed by atoms with van der Waals surface area (Å²) in [6, 6.07) is 20.6. The van der Waals surface area contributed by atoms with Crippen LogP contribution in [0, 0.1) is 0 Å². The van der Waals surface area contributed by atoms with Crippen LogP contribution in [-0.4, -0.2) is 26.3 Å². The van der Waals surface area contributed by atoms with Gasteiger partial charge < -0.3 is 14.8 Å². The van der Waals surface area contributed by atoms with Crippen molar-refractivity contribution < 1.29 is 9.47 Å². The van der Waals surface area contributed by atoms with E-state index in [0.29, 0.717) is 12.5 Å². The first-order valence-corrected chi connectivity index (χ1v) is 10.3. The Bertz CT molecular complexity index is 1420. The highest BCUT2D eigenvalue weighted by atomic mass is 35.5. The van der Waals surface area contributed by atoms with Crippen LogP contribution in [0.15, 0.2) is 85.6 Å². The molecule has 33 heavy (non-hydrogen) atoms. The first-order valence-electron chi connectivity index (χ1n) is 10.3. The minimum atomic E-state index is 0. The van der Waals surface area contributed by atoms with E-state index in [0.717, 1.165) is 34.0 Å². The van der Waals surface area contributed by atoms with Gasteiger partial charge in [0.1, 0.15) is 12.1 Å². The van der Waals surface area contributed by atoms with E-state index in [9.17, 15) is 0 Å². The lowest BCUT2D eigenvalue weighted by molar-refractivity contribution is 0.174. The molecule has 7 nitrogen and oxygen atoms in total. The summed E-state index contributed by atoms with van der Waals surface area (Å²) in [5.41, 5.74) is 3.05. The molecule has 2 aromatic heterocycles. The highest BCUT2D eigenvalue weighted by molar-refractivity contribution is 5.89. The lowest BCUT2D eigenvalue weighted by Gasteiger charge is -2.14. The van der Waals surface area contributed by atoms with Gasteiger partial charge in [-0.1, -0.05) is 42.5 Å². The Hall–Kier alpha value is -4.10. The van der Waals surface area contributed by atoms with Crippen LogP contribution in [0.25, 0.3) is 27.8 Å². The minimum Gasteiger partial charge on any atom is -0.454 e. The number of halogens is 1. The zero-order chi connectivity index (χ0) is 21.3. The molecule has 0 saturated heterocycles. The topological polar surface area (TPSA) is 74.1 Å². The molecule has 0 unspecified atom stereocenters. The molecule has 3 aromatic carbocycles. The standard InChI is InChI=1S/C25H19N5O2.ClH/c1-2-4-19-12-20(7-6-18(19)3-1)21-14-28-25(30-10-9-26-15-30)29-24(21)27-13-17-5-8-22-23(11-17)32-16-31-22;/h1-12,14-15H,13,16H2,(H,27,28,29);1H. The number of nitrogens with one attached hydrogen (secondary N) is 1. The third-order valence-corrected chi connectivity index (χ3v) is 5.47. The number of hydrogen-bond acceptors (Lipinski definition) is 6. The Morgan fingerprint density at radius 3 is 2.70 bits per heavy atom. The van der Waals surface area contributed by atoms with E-state index in [1.807, 2.05) is 42.7 Å². The average Bonchev–Trinajstić information content (AvgIpc) is 3.54. The molecule has 8 heteroatoms. The molecule has 1 aliphatic rings. The summed E-state index contributed by atoms with van der Waals surface area (Å²) in [6.45, 7) is 0.843. The molecule has 164 valence electrons. The van der Waals surface area contributed by atoms with Gasteiger partial charge in [-0.3, -0.25) is 4.57 Å². The molecule has 0 bridgehead atoms. The van der Waals surface area contributed by atoms with E-state index in [4.69, 9.17) is 14.5 Å². The summed E-state index contributed by atoms with van der Waals surface area (Å²) in [5.74, 6) is 2.84. The molecule has 0 amide bonds. The fourth-order valence-electron chi connectivity index (χ4n) is 3.81. The molecule has 1 N–H and O–H groups in total. The van der Waals surface area contributed by atoms with Crippen LogP contribution in [0.5, 0.6) is 11.5 Å². The third-order valence-electron chi connectivity index (χ3n) is 5.47. The molecule has 0 atom stereocenters. The van der Waals surface area contributed by atoms with Gasteiger partial charge in [0.05, 0.1) is 0 Å². The molecule has 0 fully saturated rings. The van der Waals surface area contributed by atoms with Gasteiger partial charge in [-0.05, 0) is 40.1 Å². The van der Waals surface area contributed by atoms with Gasteiger partial charge in [0.25, 0.3) is 0 Å². The third kappa shape index (κ3) is 4.06. The van der Waals surface area contributed by atoms with Crippen molar-refractivity contribution in [3.05, 3.63) is 91.1 Å². The summed E-state index contributed by atoms with van der Waals surface area (Å²) in [5, 5.41) is 5.86. The van der Waals surface area contributed by atoms with Crippen molar-refractivity contribution in [3.8, 4) is 28.6 Å². The van der Waals surface area contributed by atoms with Crippen molar-refractivity contribution in [2.45, 2.75) is 6.54 Å². The number of nitrogens with zero attached hydrogens (tertiary/aromatic N) is 4. The Morgan fingerprint density at radius 1 is 0.939 bits per heavy atom. The zero-order valence-electron chi connectivity index (χ0n) is 17.5. The highest BCUT2D eigenvalue weighted by Gasteiger charge is 2.15. The summed E-state index contributed by atoms with van der Waals surface area (Å²) in [4.78, 5) is 13.5. The van der Waals surface area contributed by atoms with Crippen LogP contribution >= 0.6 is 12.4 Å². The minimum absolute atomic E-state index is 0. The van der Waals surface area contributed by atoms with Gasteiger partial charge in [0.2, 0.25) is 12.7 Å². The molecule has 0 aliphatic carbocycles. The number of hydrogen-bond donors (Lipinski definition) is 1. The molecule has 0 spiro atoms. The van der Waals surface area contributed by atoms with Crippen molar-refractivity contribution in [2.75, 3.05) is 12.1 Å². The molecule has 0 saturated carbocycles. The maximum atomic E-state index is 5.51. The van der Waals surface area contributed by atoms with Gasteiger partial charge in [0.15, 0.2) is 11.5 Å². The van der Waals surface area contributed by atoms with Gasteiger partial charge in [-0.15, -0.1) is 12.4 Å². The molecule has 1 aliphatic heterocycles. The van der Waals surface area contributed by atoms with Gasteiger partial charge in [0, 0.05) is 30.7 Å². The number of aromatic nitrogens is 4. The quantitative estimate of drug-likeness (QED) is 0.389. The second-order valence-electron chi connectivity index (χ2n) is 7.51. The van der Waals surface area contributed by atoms with Crippen LogP contribution in [0.1, 0.15) is 5.56 Å². The van der Waals surface area contributed by atoms with Crippen molar-refractivity contribution in [1.29, 1.82) is 0 Å². The molecule has 5 aromatic rings. The fraction of sp³-hybridized carbons (Fsp3) is 0.0800. The summed E-state index contributed by atoms with van der Waals surface area (Å²) < 4.78 is 12.7. The van der Waals surface area contributed by atoms with Gasteiger partial charge in [-0.2, -0.15) is 4.98 Å².